The Labute approximate surface area is 116 Å². The van der Waals surface area contributed by atoms with E-state index in [0.29, 0.717) is 24.4 Å². The summed E-state index contributed by atoms with van der Waals surface area (Å²) in [5.74, 6) is -0.847. The number of hydrogen-bond acceptors (Lipinski definition) is 5. The molecule has 6 nitrogen and oxygen atoms in total. The second-order valence-corrected chi connectivity index (χ2v) is 5.56. The molecule has 0 saturated heterocycles. The van der Waals surface area contributed by atoms with E-state index < -0.39 is 5.97 Å². The molecule has 0 amide bonds. The Morgan fingerprint density at radius 3 is 3.00 bits per heavy atom. The fourth-order valence-corrected chi connectivity index (χ4v) is 2.85. The van der Waals surface area contributed by atoms with Crippen LogP contribution in [0.25, 0.3) is 0 Å². The molecule has 0 spiro atoms. The lowest BCUT2D eigenvalue weighted by Gasteiger charge is -2.22. The van der Waals surface area contributed by atoms with E-state index >= 15 is 0 Å². The van der Waals surface area contributed by atoms with Crippen molar-refractivity contribution in [1.82, 2.24) is 14.8 Å². The van der Waals surface area contributed by atoms with Gasteiger partial charge in [0.2, 0.25) is 0 Å². The van der Waals surface area contributed by atoms with Gasteiger partial charge in [-0.3, -0.25) is 4.79 Å². The first-order chi connectivity index (χ1) is 9.25. The molecule has 106 valence electrons. The third kappa shape index (κ3) is 4.83. The van der Waals surface area contributed by atoms with Gasteiger partial charge >= 0.3 is 5.97 Å². The van der Waals surface area contributed by atoms with E-state index in [4.69, 9.17) is 9.84 Å². The van der Waals surface area contributed by atoms with Crippen molar-refractivity contribution in [2.45, 2.75) is 49.9 Å². The van der Waals surface area contributed by atoms with Gasteiger partial charge in [0.25, 0.3) is 0 Å². The summed E-state index contributed by atoms with van der Waals surface area (Å²) in [6.07, 6.45) is 8.16. The molecule has 1 aromatic heterocycles. The van der Waals surface area contributed by atoms with Crippen molar-refractivity contribution in [2.75, 3.05) is 12.4 Å². The van der Waals surface area contributed by atoms with Crippen molar-refractivity contribution in [3.8, 4) is 0 Å². The van der Waals surface area contributed by atoms with Crippen molar-refractivity contribution in [3.63, 3.8) is 0 Å². The van der Waals surface area contributed by atoms with E-state index in [1.165, 1.54) is 31.0 Å². The number of carboxylic acid groups (broad SMARTS) is 1. The molecule has 0 aliphatic heterocycles. The standard InChI is InChI=1S/C12H19N3O3S/c16-11(17)8-19-12-14-13-9-15(12)6-7-18-10-4-2-1-3-5-10/h9-10H,1-8H2,(H,16,17). The second kappa shape index (κ2) is 7.49. The lowest BCUT2D eigenvalue weighted by molar-refractivity contribution is -0.133. The quantitative estimate of drug-likeness (QED) is 0.770. The first-order valence-electron chi connectivity index (χ1n) is 6.59. The number of hydrogen-bond donors (Lipinski definition) is 1. The summed E-state index contributed by atoms with van der Waals surface area (Å²) in [4.78, 5) is 10.5. The third-order valence-corrected chi connectivity index (χ3v) is 4.11. The van der Waals surface area contributed by atoms with Crippen molar-refractivity contribution in [3.05, 3.63) is 6.33 Å². The van der Waals surface area contributed by atoms with Gasteiger partial charge in [0.1, 0.15) is 6.33 Å². The molecule has 1 aromatic rings. The van der Waals surface area contributed by atoms with Crippen molar-refractivity contribution >= 4 is 17.7 Å². The minimum absolute atomic E-state index is 0.00216. The average molecular weight is 285 g/mol. The summed E-state index contributed by atoms with van der Waals surface area (Å²) in [6, 6.07) is 0. The highest BCUT2D eigenvalue weighted by molar-refractivity contribution is 7.99. The van der Waals surface area contributed by atoms with Crippen LogP contribution in [0.1, 0.15) is 32.1 Å². The minimum atomic E-state index is -0.849. The van der Waals surface area contributed by atoms with Gasteiger partial charge in [-0.15, -0.1) is 10.2 Å². The van der Waals surface area contributed by atoms with Gasteiger partial charge in [-0.2, -0.15) is 0 Å². The summed E-state index contributed by atoms with van der Waals surface area (Å²) in [6.45, 7) is 1.30. The number of carbonyl (C=O) groups is 1. The highest BCUT2D eigenvalue weighted by Gasteiger charge is 2.14. The number of thioether (sulfide) groups is 1. The molecule has 1 aliphatic carbocycles. The molecule has 19 heavy (non-hydrogen) atoms. The number of ether oxygens (including phenoxy) is 1. The van der Waals surface area contributed by atoms with Crippen molar-refractivity contribution < 1.29 is 14.6 Å². The van der Waals surface area contributed by atoms with E-state index in [-0.39, 0.29) is 5.75 Å². The molecule has 0 aromatic carbocycles. The van der Waals surface area contributed by atoms with Crippen LogP contribution in [0.3, 0.4) is 0 Å². The van der Waals surface area contributed by atoms with E-state index in [0.717, 1.165) is 12.8 Å². The summed E-state index contributed by atoms with van der Waals surface area (Å²) >= 11 is 1.18. The van der Waals surface area contributed by atoms with Gasteiger partial charge in [0.15, 0.2) is 5.16 Å². The molecule has 2 rings (SSSR count). The van der Waals surface area contributed by atoms with E-state index in [1.807, 2.05) is 4.57 Å². The molecule has 0 bridgehead atoms. The van der Waals surface area contributed by atoms with Gasteiger partial charge in [-0.25, -0.2) is 0 Å². The molecule has 0 unspecified atom stereocenters. The van der Waals surface area contributed by atoms with Gasteiger partial charge in [-0.1, -0.05) is 31.0 Å². The Kier molecular flexibility index (Phi) is 5.65. The third-order valence-electron chi connectivity index (χ3n) is 3.14. The van der Waals surface area contributed by atoms with E-state index in [2.05, 4.69) is 10.2 Å². The molecular weight excluding hydrogens is 266 g/mol. The topological polar surface area (TPSA) is 77.2 Å². The predicted octanol–water partition coefficient (Wildman–Crippen LogP) is 1.80. The fourth-order valence-electron chi connectivity index (χ4n) is 2.19. The van der Waals surface area contributed by atoms with Crippen LogP contribution in [-0.2, 0) is 16.1 Å². The van der Waals surface area contributed by atoms with E-state index in [1.54, 1.807) is 6.33 Å². The van der Waals surface area contributed by atoms with Crippen LogP contribution in [-0.4, -0.2) is 44.3 Å². The number of nitrogens with zero attached hydrogens (tertiary/aromatic N) is 3. The molecule has 1 heterocycles. The summed E-state index contributed by atoms with van der Waals surface area (Å²) < 4.78 is 7.68. The summed E-state index contributed by atoms with van der Waals surface area (Å²) in [7, 11) is 0. The van der Waals surface area contributed by atoms with Crippen LogP contribution < -0.4 is 0 Å². The Bertz CT molecular complexity index is 405. The Balaban J connectivity index is 1.72. The van der Waals surface area contributed by atoms with Crippen LogP contribution in [0.2, 0.25) is 0 Å². The van der Waals surface area contributed by atoms with Crippen LogP contribution in [0.4, 0.5) is 0 Å². The predicted molar refractivity (Wildman–Crippen MR) is 71.2 cm³/mol. The average Bonchev–Trinajstić information content (AvgIpc) is 2.85. The fraction of sp³-hybridized carbons (Fsp3) is 0.750. The zero-order valence-corrected chi connectivity index (χ0v) is 11.6. The van der Waals surface area contributed by atoms with Crippen LogP contribution in [0.15, 0.2) is 11.5 Å². The van der Waals surface area contributed by atoms with Gasteiger partial charge in [-0.05, 0) is 12.8 Å². The first-order valence-corrected chi connectivity index (χ1v) is 7.58. The molecule has 7 heteroatoms. The first kappa shape index (κ1) is 14.3. The molecule has 0 radical (unpaired) electrons. The molecular formula is C12H19N3O3S. The SMILES string of the molecule is O=C(O)CSc1nncn1CCOC1CCCCC1. The normalized spacial score (nSPS) is 16.6. The Hall–Kier alpha value is -1.08. The maximum atomic E-state index is 10.5. The Morgan fingerprint density at radius 1 is 1.47 bits per heavy atom. The number of aromatic nitrogens is 3. The second-order valence-electron chi connectivity index (χ2n) is 4.62. The number of carboxylic acids is 1. The molecule has 1 fully saturated rings. The summed E-state index contributed by atoms with van der Waals surface area (Å²) in [5, 5.41) is 17.0. The van der Waals surface area contributed by atoms with Gasteiger partial charge in [0, 0.05) is 6.54 Å². The molecule has 1 aliphatic rings. The molecule has 0 atom stereocenters. The minimum Gasteiger partial charge on any atom is -0.481 e. The van der Waals surface area contributed by atoms with Crippen molar-refractivity contribution in [2.24, 2.45) is 0 Å². The summed E-state index contributed by atoms with van der Waals surface area (Å²) in [5.41, 5.74) is 0. The highest BCUT2D eigenvalue weighted by Crippen LogP contribution is 2.20. The lowest BCUT2D eigenvalue weighted by atomic mass is 9.98. The lowest BCUT2D eigenvalue weighted by Crippen LogP contribution is -2.19. The van der Waals surface area contributed by atoms with Crippen LogP contribution >= 0.6 is 11.8 Å². The zero-order chi connectivity index (χ0) is 13.5. The smallest absolute Gasteiger partial charge is 0.313 e. The van der Waals surface area contributed by atoms with Gasteiger partial charge in [0.05, 0.1) is 18.5 Å². The molecule has 1 N–H and O–H groups in total. The van der Waals surface area contributed by atoms with Gasteiger partial charge < -0.3 is 14.4 Å². The van der Waals surface area contributed by atoms with E-state index in [9.17, 15) is 4.79 Å². The zero-order valence-electron chi connectivity index (χ0n) is 10.8. The maximum absolute atomic E-state index is 10.5. The number of rotatable bonds is 7. The number of aliphatic carboxylic acids is 1. The maximum Gasteiger partial charge on any atom is 0.313 e. The Morgan fingerprint density at radius 2 is 2.26 bits per heavy atom. The van der Waals surface area contributed by atoms with Crippen LogP contribution in [0, 0.1) is 0 Å². The molecule has 1 saturated carbocycles. The monoisotopic (exact) mass is 285 g/mol. The van der Waals surface area contributed by atoms with Crippen LogP contribution in [0.5, 0.6) is 0 Å². The largest absolute Gasteiger partial charge is 0.481 e. The highest BCUT2D eigenvalue weighted by atomic mass is 32.2. The van der Waals surface area contributed by atoms with Crippen molar-refractivity contribution in [1.29, 1.82) is 0 Å².